The van der Waals surface area contributed by atoms with Crippen molar-refractivity contribution >= 4 is 5.91 Å². The van der Waals surface area contributed by atoms with Crippen LogP contribution in [0.4, 0.5) is 0 Å². The van der Waals surface area contributed by atoms with E-state index in [0.717, 1.165) is 38.2 Å². The second kappa shape index (κ2) is 7.44. The minimum atomic E-state index is -0.213. The number of aromatic amines is 2. The van der Waals surface area contributed by atoms with E-state index in [9.17, 15) is 9.59 Å². The Hall–Kier alpha value is -2.41. The van der Waals surface area contributed by atoms with Crippen LogP contribution in [0.15, 0.2) is 29.3 Å². The Balaban J connectivity index is 1.45. The number of hydrogen-bond donors (Lipinski definition) is 3. The van der Waals surface area contributed by atoms with Gasteiger partial charge in [-0.2, -0.15) is 0 Å². The maximum absolute atomic E-state index is 12.2. The Morgan fingerprint density at radius 2 is 2.00 bits per heavy atom. The van der Waals surface area contributed by atoms with Crippen LogP contribution in [0.5, 0.6) is 0 Å². The number of rotatable bonds is 5. The second-order valence-corrected chi connectivity index (χ2v) is 6.33. The highest BCUT2D eigenvalue weighted by atomic mass is 16.2. The van der Waals surface area contributed by atoms with Gasteiger partial charge in [0.25, 0.3) is 5.56 Å². The minimum absolute atomic E-state index is 0.0872. The summed E-state index contributed by atoms with van der Waals surface area (Å²) in [7, 11) is 0. The second-order valence-electron chi connectivity index (χ2n) is 6.33. The molecule has 3 N–H and O–H groups in total. The lowest BCUT2D eigenvalue weighted by Crippen LogP contribution is -2.45. The van der Waals surface area contributed by atoms with Gasteiger partial charge in [-0.25, -0.2) is 0 Å². The van der Waals surface area contributed by atoms with Crippen molar-refractivity contribution in [2.75, 3.05) is 13.1 Å². The average molecular weight is 329 g/mol. The molecule has 1 amide bonds. The van der Waals surface area contributed by atoms with Crippen LogP contribution in [-0.4, -0.2) is 45.1 Å². The Morgan fingerprint density at radius 1 is 1.29 bits per heavy atom. The van der Waals surface area contributed by atoms with Crippen molar-refractivity contribution in [2.45, 2.75) is 38.8 Å². The smallest absolute Gasteiger partial charge is 0.267 e. The topological polar surface area (TPSA) is 93.9 Å². The third-order valence-corrected chi connectivity index (χ3v) is 4.54. The molecule has 24 heavy (non-hydrogen) atoms. The molecule has 128 valence electrons. The van der Waals surface area contributed by atoms with E-state index in [4.69, 9.17) is 0 Å². The molecule has 0 spiro atoms. The maximum atomic E-state index is 12.2. The molecule has 2 aromatic rings. The summed E-state index contributed by atoms with van der Waals surface area (Å²) in [6, 6.07) is 4.25. The van der Waals surface area contributed by atoms with Crippen LogP contribution in [0.1, 0.15) is 29.7 Å². The SMILES string of the molecule is Cc1[nH][nH]c(=O)c1CC(=O)NC1CCN(Cc2ccncc2)CC1. The number of piperidine rings is 1. The summed E-state index contributed by atoms with van der Waals surface area (Å²) in [5.41, 5.74) is 2.29. The van der Waals surface area contributed by atoms with E-state index >= 15 is 0 Å². The molecule has 3 heterocycles. The van der Waals surface area contributed by atoms with Gasteiger partial charge in [0.15, 0.2) is 0 Å². The van der Waals surface area contributed by atoms with Crippen molar-refractivity contribution < 1.29 is 4.79 Å². The number of carbonyl (C=O) groups is 1. The fourth-order valence-corrected chi connectivity index (χ4v) is 3.11. The molecule has 1 aliphatic heterocycles. The van der Waals surface area contributed by atoms with Crippen molar-refractivity contribution in [3.05, 3.63) is 51.7 Å². The van der Waals surface area contributed by atoms with Gasteiger partial charge in [0, 0.05) is 49.3 Å². The fourth-order valence-electron chi connectivity index (χ4n) is 3.11. The van der Waals surface area contributed by atoms with Gasteiger partial charge < -0.3 is 10.4 Å². The monoisotopic (exact) mass is 329 g/mol. The van der Waals surface area contributed by atoms with Crippen LogP contribution in [-0.2, 0) is 17.8 Å². The van der Waals surface area contributed by atoms with Gasteiger partial charge in [-0.3, -0.25) is 24.6 Å². The van der Waals surface area contributed by atoms with E-state index < -0.39 is 0 Å². The zero-order valence-corrected chi connectivity index (χ0v) is 13.8. The first-order valence-electron chi connectivity index (χ1n) is 8.28. The van der Waals surface area contributed by atoms with Crippen LogP contribution in [0.25, 0.3) is 0 Å². The number of H-pyrrole nitrogens is 2. The van der Waals surface area contributed by atoms with Crippen molar-refractivity contribution in [3.8, 4) is 0 Å². The molecule has 1 saturated heterocycles. The molecule has 0 unspecified atom stereocenters. The van der Waals surface area contributed by atoms with Gasteiger partial charge in [0.1, 0.15) is 0 Å². The van der Waals surface area contributed by atoms with E-state index in [2.05, 4.69) is 25.4 Å². The molecule has 0 aromatic carbocycles. The van der Waals surface area contributed by atoms with Gasteiger partial charge in [-0.05, 0) is 37.5 Å². The maximum Gasteiger partial charge on any atom is 0.267 e. The number of nitrogens with zero attached hydrogens (tertiary/aromatic N) is 2. The number of pyridine rings is 1. The molecular weight excluding hydrogens is 306 g/mol. The normalized spacial score (nSPS) is 16.2. The number of likely N-dealkylation sites (tertiary alicyclic amines) is 1. The predicted molar refractivity (Wildman–Crippen MR) is 90.5 cm³/mol. The summed E-state index contributed by atoms with van der Waals surface area (Å²) in [6.07, 6.45) is 5.61. The third kappa shape index (κ3) is 4.11. The van der Waals surface area contributed by atoms with Crippen molar-refractivity contribution in [3.63, 3.8) is 0 Å². The van der Waals surface area contributed by atoms with Crippen LogP contribution in [0.3, 0.4) is 0 Å². The first-order valence-corrected chi connectivity index (χ1v) is 8.28. The zero-order valence-electron chi connectivity index (χ0n) is 13.8. The lowest BCUT2D eigenvalue weighted by atomic mass is 10.0. The van der Waals surface area contributed by atoms with Crippen LogP contribution < -0.4 is 10.9 Å². The molecule has 0 atom stereocenters. The molecule has 7 nitrogen and oxygen atoms in total. The van der Waals surface area contributed by atoms with Gasteiger partial charge >= 0.3 is 0 Å². The first kappa shape index (κ1) is 16.4. The van der Waals surface area contributed by atoms with Crippen LogP contribution in [0, 0.1) is 6.92 Å². The van der Waals surface area contributed by atoms with Crippen molar-refractivity contribution in [2.24, 2.45) is 0 Å². The molecule has 0 radical (unpaired) electrons. The van der Waals surface area contributed by atoms with E-state index in [1.807, 2.05) is 24.5 Å². The minimum Gasteiger partial charge on any atom is -0.353 e. The van der Waals surface area contributed by atoms with Gasteiger partial charge in [0.05, 0.1) is 6.42 Å². The Labute approximate surface area is 140 Å². The Bertz CT molecular complexity index is 729. The Kier molecular flexibility index (Phi) is 5.10. The highest BCUT2D eigenvalue weighted by Gasteiger charge is 2.21. The molecule has 2 aromatic heterocycles. The predicted octanol–water partition coefficient (Wildman–Crippen LogP) is 0.730. The van der Waals surface area contributed by atoms with E-state index in [0.29, 0.717) is 5.56 Å². The molecule has 0 aliphatic carbocycles. The molecule has 3 rings (SSSR count). The summed E-state index contributed by atoms with van der Waals surface area (Å²) >= 11 is 0. The highest BCUT2D eigenvalue weighted by Crippen LogP contribution is 2.13. The summed E-state index contributed by atoms with van der Waals surface area (Å²) in [4.78, 5) is 30.2. The van der Waals surface area contributed by atoms with E-state index in [1.54, 1.807) is 6.92 Å². The van der Waals surface area contributed by atoms with Gasteiger partial charge in [-0.1, -0.05) is 0 Å². The largest absolute Gasteiger partial charge is 0.353 e. The first-order chi connectivity index (χ1) is 11.6. The van der Waals surface area contributed by atoms with Gasteiger partial charge in [-0.15, -0.1) is 0 Å². The standard InChI is InChI=1S/C17H23N5O2/c1-12-15(17(24)21-20-12)10-16(23)19-14-4-8-22(9-5-14)11-13-2-6-18-7-3-13/h2-3,6-7,14H,4-5,8-11H2,1H3,(H,19,23)(H2,20,21,24). The third-order valence-electron chi connectivity index (χ3n) is 4.54. The average Bonchev–Trinajstić information content (AvgIpc) is 2.89. The number of hydrogen-bond acceptors (Lipinski definition) is 4. The quantitative estimate of drug-likeness (QED) is 0.754. The fraction of sp³-hybridized carbons (Fsp3) is 0.471. The molecule has 0 saturated carbocycles. The summed E-state index contributed by atoms with van der Waals surface area (Å²) in [5.74, 6) is -0.0872. The summed E-state index contributed by atoms with van der Waals surface area (Å²) < 4.78 is 0. The number of aryl methyl sites for hydroxylation is 1. The van der Waals surface area contributed by atoms with Gasteiger partial charge in [0.2, 0.25) is 5.91 Å². The van der Waals surface area contributed by atoms with E-state index in [-0.39, 0.29) is 23.9 Å². The number of carbonyl (C=O) groups excluding carboxylic acids is 1. The number of nitrogens with one attached hydrogen (secondary N) is 3. The highest BCUT2D eigenvalue weighted by molar-refractivity contribution is 5.79. The Morgan fingerprint density at radius 3 is 2.62 bits per heavy atom. The molecule has 1 aliphatic rings. The molecule has 1 fully saturated rings. The van der Waals surface area contributed by atoms with Crippen molar-refractivity contribution in [1.29, 1.82) is 0 Å². The van der Waals surface area contributed by atoms with Crippen molar-refractivity contribution in [1.82, 2.24) is 25.4 Å². The molecule has 0 bridgehead atoms. The number of aromatic nitrogens is 3. The zero-order chi connectivity index (χ0) is 16.9. The summed E-state index contributed by atoms with van der Waals surface area (Å²) in [5, 5.41) is 8.30. The lowest BCUT2D eigenvalue weighted by molar-refractivity contribution is -0.121. The molecule has 7 heteroatoms. The lowest BCUT2D eigenvalue weighted by Gasteiger charge is -2.32. The number of amides is 1. The van der Waals surface area contributed by atoms with Crippen LogP contribution in [0.2, 0.25) is 0 Å². The van der Waals surface area contributed by atoms with Crippen LogP contribution >= 0.6 is 0 Å². The van der Waals surface area contributed by atoms with E-state index in [1.165, 1.54) is 5.56 Å². The molecular formula is C17H23N5O2. The summed E-state index contributed by atoms with van der Waals surface area (Å²) in [6.45, 7) is 4.62.